The number of aromatic nitrogens is 4. The molecule has 266 valence electrons. The number of hydrogen-bond acceptors (Lipinski definition) is 11. The Labute approximate surface area is 296 Å². The number of pyridine rings is 2. The van der Waals surface area contributed by atoms with Gasteiger partial charge in [0.15, 0.2) is 5.78 Å². The van der Waals surface area contributed by atoms with Crippen LogP contribution >= 0.6 is 0 Å². The van der Waals surface area contributed by atoms with Gasteiger partial charge in [0.1, 0.15) is 11.5 Å². The van der Waals surface area contributed by atoms with Crippen LogP contribution in [0.1, 0.15) is 67.4 Å². The summed E-state index contributed by atoms with van der Waals surface area (Å²) in [5, 5.41) is 9.75. The molecule has 3 N–H and O–H groups in total. The Balaban J connectivity index is 0.898. The average Bonchev–Trinajstić information content (AvgIpc) is 3.66. The van der Waals surface area contributed by atoms with Crippen LogP contribution in [0.2, 0.25) is 0 Å². The molecule has 7 rings (SSSR count). The van der Waals surface area contributed by atoms with Crippen molar-refractivity contribution in [3.63, 3.8) is 0 Å². The van der Waals surface area contributed by atoms with Gasteiger partial charge in [0, 0.05) is 74.7 Å². The second-order valence-electron chi connectivity index (χ2n) is 13.5. The van der Waals surface area contributed by atoms with Crippen LogP contribution < -0.4 is 31.3 Å². The molecule has 0 unspecified atom stereocenters. The SMILES string of the molecule is CC(=O)c1c(C)c2cnc(Nc3ccc(N4CCN(CCCNc5ccc(N6CCC(=O)NC6=O)cc5)CC4)cn3)nc2n(C2CCCC2)c1=O. The predicted molar refractivity (Wildman–Crippen MR) is 197 cm³/mol. The van der Waals surface area contributed by atoms with E-state index in [1.165, 1.54) is 6.92 Å². The molecule has 2 saturated heterocycles. The van der Waals surface area contributed by atoms with E-state index in [1.807, 2.05) is 36.5 Å². The molecule has 1 aromatic carbocycles. The van der Waals surface area contributed by atoms with Gasteiger partial charge in [-0.05, 0) is 81.6 Å². The first-order chi connectivity index (χ1) is 24.7. The number of carbonyl (C=O) groups is 3. The quantitative estimate of drug-likeness (QED) is 0.149. The molecule has 5 heterocycles. The number of nitrogens with one attached hydrogen (secondary N) is 3. The smallest absolute Gasteiger partial charge is 0.328 e. The number of urea groups is 1. The third-order valence-electron chi connectivity index (χ3n) is 10.2. The minimum atomic E-state index is -0.375. The van der Waals surface area contributed by atoms with Crippen LogP contribution in [-0.4, -0.2) is 88.0 Å². The highest BCUT2D eigenvalue weighted by Crippen LogP contribution is 2.32. The fourth-order valence-electron chi connectivity index (χ4n) is 7.41. The zero-order valence-electron chi connectivity index (χ0n) is 29.2. The fraction of sp³-hybridized carbons (Fsp3) is 0.432. The minimum absolute atomic E-state index is 0.0210. The van der Waals surface area contributed by atoms with Crippen molar-refractivity contribution < 1.29 is 14.4 Å². The molecular formula is C37H44N10O4. The molecule has 51 heavy (non-hydrogen) atoms. The van der Waals surface area contributed by atoms with Crippen LogP contribution in [0.5, 0.6) is 0 Å². The molecule has 0 bridgehead atoms. The molecule has 14 heteroatoms. The van der Waals surface area contributed by atoms with Gasteiger partial charge in [-0.25, -0.2) is 14.8 Å². The number of imide groups is 1. The number of aryl methyl sites for hydroxylation is 1. The van der Waals surface area contributed by atoms with Crippen molar-refractivity contribution in [2.75, 3.05) is 66.2 Å². The highest BCUT2D eigenvalue weighted by Gasteiger charge is 2.27. The molecule has 1 aliphatic carbocycles. The monoisotopic (exact) mass is 692 g/mol. The maximum absolute atomic E-state index is 13.5. The second kappa shape index (κ2) is 14.9. The molecular weight excluding hydrogens is 648 g/mol. The largest absolute Gasteiger partial charge is 0.385 e. The Kier molecular flexibility index (Phi) is 9.93. The number of carbonyl (C=O) groups excluding carboxylic acids is 3. The third kappa shape index (κ3) is 7.41. The van der Waals surface area contributed by atoms with Crippen molar-refractivity contribution in [2.45, 2.75) is 58.4 Å². The van der Waals surface area contributed by atoms with E-state index < -0.39 is 0 Å². The number of amides is 3. The minimum Gasteiger partial charge on any atom is -0.385 e. The molecule has 4 aromatic rings. The van der Waals surface area contributed by atoms with Gasteiger partial charge in [0.05, 0.1) is 17.4 Å². The summed E-state index contributed by atoms with van der Waals surface area (Å²) < 4.78 is 1.72. The van der Waals surface area contributed by atoms with Gasteiger partial charge in [-0.3, -0.25) is 34.1 Å². The lowest BCUT2D eigenvalue weighted by molar-refractivity contribution is -0.120. The lowest BCUT2D eigenvalue weighted by Gasteiger charge is -2.36. The summed E-state index contributed by atoms with van der Waals surface area (Å²) >= 11 is 0. The number of nitrogens with zero attached hydrogens (tertiary/aromatic N) is 7. The second-order valence-corrected chi connectivity index (χ2v) is 13.5. The molecule has 1 saturated carbocycles. The Morgan fingerprint density at radius 3 is 2.35 bits per heavy atom. The zero-order valence-corrected chi connectivity index (χ0v) is 29.2. The molecule has 3 amide bonds. The normalized spacial score (nSPS) is 17.2. The van der Waals surface area contributed by atoms with Gasteiger partial charge >= 0.3 is 6.03 Å². The van der Waals surface area contributed by atoms with Crippen LogP contribution in [0.25, 0.3) is 11.0 Å². The molecule has 3 aliphatic rings. The van der Waals surface area contributed by atoms with E-state index in [4.69, 9.17) is 4.98 Å². The predicted octanol–water partition coefficient (Wildman–Crippen LogP) is 4.63. The Morgan fingerprint density at radius 2 is 1.67 bits per heavy atom. The van der Waals surface area contributed by atoms with Crippen LogP contribution in [0, 0.1) is 6.92 Å². The first kappa shape index (κ1) is 34.1. The summed E-state index contributed by atoms with van der Waals surface area (Å²) in [5.74, 6) is 0.495. The van der Waals surface area contributed by atoms with E-state index in [-0.39, 0.29) is 34.9 Å². The first-order valence-corrected chi connectivity index (χ1v) is 17.8. The van der Waals surface area contributed by atoms with Crippen LogP contribution in [0.4, 0.5) is 33.6 Å². The number of piperazine rings is 1. The van der Waals surface area contributed by atoms with Crippen molar-refractivity contribution in [2.24, 2.45) is 0 Å². The number of benzene rings is 1. The van der Waals surface area contributed by atoms with Gasteiger partial charge in [-0.2, -0.15) is 4.98 Å². The number of rotatable bonds is 11. The average molecular weight is 693 g/mol. The molecule has 0 spiro atoms. The number of ketones is 1. The molecule has 3 fully saturated rings. The van der Waals surface area contributed by atoms with Crippen LogP contribution in [-0.2, 0) is 4.79 Å². The number of fused-ring (bicyclic) bond motifs is 1. The standard InChI is InChI=1S/C37H44N10O4/c1-24-30-23-40-36(43-34(30)47(28-6-3-4-7-28)35(50)33(24)25(2)48)41-31-13-12-29(22-39-31)45-20-18-44(19-21-45)16-5-15-38-26-8-10-27(11-9-26)46-17-14-32(49)42-37(46)51/h8-13,22-23,28,38H,3-7,14-21H2,1-2H3,(H,42,49,51)(H,39,40,41,43). The van der Waals surface area contributed by atoms with Gasteiger partial charge in [0.25, 0.3) is 5.56 Å². The van der Waals surface area contributed by atoms with Gasteiger partial charge < -0.3 is 15.5 Å². The molecule has 2 aliphatic heterocycles. The summed E-state index contributed by atoms with van der Waals surface area (Å²) in [6, 6.07) is 11.3. The maximum atomic E-state index is 13.5. The lowest BCUT2D eigenvalue weighted by Crippen LogP contribution is -2.49. The zero-order chi connectivity index (χ0) is 35.5. The Bertz CT molecular complexity index is 1980. The first-order valence-electron chi connectivity index (χ1n) is 17.8. The van der Waals surface area contributed by atoms with Gasteiger partial charge in [-0.1, -0.05) is 12.8 Å². The van der Waals surface area contributed by atoms with E-state index in [1.54, 1.807) is 22.6 Å². The molecule has 3 aromatic heterocycles. The molecule has 14 nitrogen and oxygen atoms in total. The summed E-state index contributed by atoms with van der Waals surface area (Å²) in [6.07, 6.45) is 8.75. The summed E-state index contributed by atoms with van der Waals surface area (Å²) in [7, 11) is 0. The number of hydrogen-bond donors (Lipinski definition) is 3. The highest BCUT2D eigenvalue weighted by molar-refractivity contribution is 6.05. The summed E-state index contributed by atoms with van der Waals surface area (Å²) in [4.78, 5) is 69.8. The van der Waals surface area contributed by atoms with Crippen molar-refractivity contribution in [1.82, 2.24) is 29.7 Å². The van der Waals surface area contributed by atoms with E-state index in [9.17, 15) is 19.2 Å². The van der Waals surface area contributed by atoms with Crippen molar-refractivity contribution in [3.05, 3.63) is 70.3 Å². The molecule has 0 atom stereocenters. The van der Waals surface area contributed by atoms with Crippen LogP contribution in [0.3, 0.4) is 0 Å². The number of anilines is 5. The van der Waals surface area contributed by atoms with Gasteiger partial charge in [-0.15, -0.1) is 0 Å². The maximum Gasteiger partial charge on any atom is 0.328 e. The number of Topliss-reactive ketones (excluding diaryl/α,β-unsaturated/α-hetero) is 1. The van der Waals surface area contributed by atoms with Crippen molar-refractivity contribution in [3.8, 4) is 0 Å². The summed E-state index contributed by atoms with van der Waals surface area (Å²) in [6.45, 7) is 9.22. The van der Waals surface area contributed by atoms with E-state index >= 15 is 0 Å². The van der Waals surface area contributed by atoms with E-state index in [0.717, 1.165) is 88.4 Å². The van der Waals surface area contributed by atoms with E-state index in [0.29, 0.717) is 41.3 Å². The molecule has 0 radical (unpaired) electrons. The lowest BCUT2D eigenvalue weighted by atomic mass is 10.0. The fourth-order valence-corrected chi connectivity index (χ4v) is 7.41. The summed E-state index contributed by atoms with van der Waals surface area (Å²) in [5.41, 5.74) is 3.96. The Morgan fingerprint density at radius 1 is 0.922 bits per heavy atom. The van der Waals surface area contributed by atoms with Crippen molar-refractivity contribution >= 4 is 57.6 Å². The third-order valence-corrected chi connectivity index (χ3v) is 10.2. The van der Waals surface area contributed by atoms with Gasteiger partial charge in [0.2, 0.25) is 11.9 Å². The topological polar surface area (TPSA) is 158 Å². The van der Waals surface area contributed by atoms with E-state index in [2.05, 4.69) is 41.8 Å². The van der Waals surface area contributed by atoms with Crippen molar-refractivity contribution in [1.29, 1.82) is 0 Å². The highest BCUT2D eigenvalue weighted by atomic mass is 16.2. The van der Waals surface area contributed by atoms with Crippen LogP contribution in [0.15, 0.2) is 53.6 Å². The Hall–Kier alpha value is -5.37.